The van der Waals surface area contributed by atoms with E-state index in [-0.39, 0.29) is 82.7 Å². The zero-order valence-corrected chi connectivity index (χ0v) is 35.9. The molecule has 8 amide bonds. The zero-order chi connectivity index (χ0) is 46.6. The number of rotatable bonds is 13. The SMILES string of the molecule is CN[C@H]1CCC(=O)NCCCC[C@@H](C(N)=O)NC(=O)[C@H](Cc2c[nH]c3ccccc23)NC(=O)[C@H](CCCNC(=N)N)NC(=O)[C@@H](Cc2ccccc2)NC(=O)[C@H](CCC(N)=O)NC1=O. The number of benzene rings is 2. The Hall–Kier alpha value is -7.03. The molecule has 1 aromatic heterocycles. The molecule has 2 aromatic carbocycles. The molecule has 4 rings (SSSR count). The topological polar surface area (TPSA) is 350 Å². The fraction of sp³-hybridized carbons (Fsp3) is 0.465. The van der Waals surface area contributed by atoms with E-state index < -0.39 is 77.6 Å². The van der Waals surface area contributed by atoms with Gasteiger partial charge in [-0.1, -0.05) is 48.5 Å². The summed E-state index contributed by atoms with van der Waals surface area (Å²) in [5, 5.41) is 30.2. The number of H-pyrrole nitrogens is 1. The van der Waals surface area contributed by atoms with Gasteiger partial charge in [-0.15, -0.1) is 0 Å². The highest BCUT2D eigenvalue weighted by molar-refractivity contribution is 5.97. The first-order chi connectivity index (χ1) is 30.6. The van der Waals surface area contributed by atoms with Gasteiger partial charge >= 0.3 is 0 Å². The number of primary amides is 2. The lowest BCUT2D eigenvalue weighted by Crippen LogP contribution is -2.60. The van der Waals surface area contributed by atoms with Crippen molar-refractivity contribution < 1.29 is 38.4 Å². The fourth-order valence-electron chi connectivity index (χ4n) is 7.26. The molecule has 1 fully saturated rings. The van der Waals surface area contributed by atoms with Crippen molar-refractivity contribution in [3.63, 3.8) is 0 Å². The number of hydrogen-bond acceptors (Lipinski definition) is 10. The Morgan fingerprint density at radius 3 is 2.00 bits per heavy atom. The van der Waals surface area contributed by atoms with Crippen LogP contribution >= 0.6 is 0 Å². The van der Waals surface area contributed by atoms with Gasteiger partial charge in [-0.2, -0.15) is 0 Å². The lowest BCUT2D eigenvalue weighted by atomic mass is 10.0. The van der Waals surface area contributed by atoms with Crippen LogP contribution in [-0.2, 0) is 51.2 Å². The van der Waals surface area contributed by atoms with Crippen LogP contribution in [0.1, 0.15) is 68.9 Å². The third-order valence-electron chi connectivity index (χ3n) is 10.8. The minimum absolute atomic E-state index is 0.0194. The van der Waals surface area contributed by atoms with E-state index in [1.54, 1.807) is 36.5 Å². The standard InChI is InChI=1S/C43H61N13O8/c1-48-30-17-19-36(58)49-20-8-7-14-29(37(45)59)52-42(64)34(23-26-24-51-28-13-6-5-12-27(26)28)56-39(61)31(15-9-21-50-43(46)47)53-41(63)33(22-25-10-3-2-4-11-25)55-40(62)32(54-38(30)60)16-18-35(44)57/h2-6,10-13,24,29-34,48,51H,7-9,14-23H2,1H3,(H2,44,57)(H2,45,59)(H,49,58)(H,52,64)(H,53,63)(H,54,60)(H,55,62)(H,56,61)(H4,46,47,50)/t29-,30-,31-,32-,33+,34-/m0/s1. The smallest absolute Gasteiger partial charge is 0.243 e. The number of hydrogen-bond donors (Lipinski definition) is 13. The van der Waals surface area contributed by atoms with Crippen LogP contribution in [0.4, 0.5) is 0 Å². The second-order valence-corrected chi connectivity index (χ2v) is 15.7. The average molecular weight is 888 g/mol. The fourth-order valence-corrected chi connectivity index (χ4v) is 7.26. The third-order valence-corrected chi connectivity index (χ3v) is 10.8. The Morgan fingerprint density at radius 1 is 0.719 bits per heavy atom. The molecule has 0 saturated carbocycles. The van der Waals surface area contributed by atoms with Crippen LogP contribution in [-0.4, -0.2) is 115 Å². The maximum atomic E-state index is 14.4. The van der Waals surface area contributed by atoms with Crippen molar-refractivity contribution in [2.75, 3.05) is 20.1 Å². The molecule has 3 aromatic rings. The average Bonchev–Trinajstić information content (AvgIpc) is 3.67. The van der Waals surface area contributed by atoms with Crippen molar-refractivity contribution in [3.05, 3.63) is 71.9 Å². The molecule has 346 valence electrons. The Balaban J connectivity index is 1.74. The predicted octanol–water partition coefficient (Wildman–Crippen LogP) is -1.94. The molecule has 6 atom stereocenters. The summed E-state index contributed by atoms with van der Waals surface area (Å²) >= 11 is 0. The molecule has 21 heteroatoms. The number of guanidine groups is 1. The molecular weight excluding hydrogens is 827 g/mol. The highest BCUT2D eigenvalue weighted by atomic mass is 16.2. The van der Waals surface area contributed by atoms with Crippen molar-refractivity contribution in [1.29, 1.82) is 5.41 Å². The van der Waals surface area contributed by atoms with Gasteiger partial charge in [-0.3, -0.25) is 43.8 Å². The van der Waals surface area contributed by atoms with Crippen LogP contribution in [0.15, 0.2) is 60.8 Å². The van der Waals surface area contributed by atoms with Crippen molar-refractivity contribution in [2.24, 2.45) is 17.2 Å². The van der Waals surface area contributed by atoms with Gasteiger partial charge in [0.25, 0.3) is 0 Å². The van der Waals surface area contributed by atoms with Crippen molar-refractivity contribution in [1.82, 2.24) is 47.5 Å². The van der Waals surface area contributed by atoms with Gasteiger partial charge in [0.05, 0.1) is 6.04 Å². The number of nitrogens with one attached hydrogen (secondary N) is 10. The summed E-state index contributed by atoms with van der Waals surface area (Å²) in [6.07, 6.45) is 2.18. The van der Waals surface area contributed by atoms with Crippen LogP contribution in [0, 0.1) is 5.41 Å². The van der Waals surface area contributed by atoms with Gasteiger partial charge in [0.15, 0.2) is 5.96 Å². The Morgan fingerprint density at radius 2 is 1.33 bits per heavy atom. The second-order valence-electron chi connectivity index (χ2n) is 15.7. The molecule has 0 spiro atoms. The molecule has 1 aliphatic rings. The summed E-state index contributed by atoms with van der Waals surface area (Å²) in [6.45, 7) is 0.375. The molecule has 1 saturated heterocycles. The summed E-state index contributed by atoms with van der Waals surface area (Å²) in [4.78, 5) is 111. The summed E-state index contributed by atoms with van der Waals surface area (Å²) in [5.41, 5.74) is 18.7. The number of nitrogens with two attached hydrogens (primary N) is 3. The number of amides is 8. The largest absolute Gasteiger partial charge is 0.370 e. The number of fused-ring (bicyclic) bond motifs is 1. The van der Waals surface area contributed by atoms with E-state index in [1.165, 1.54) is 7.05 Å². The third kappa shape index (κ3) is 16.0. The molecule has 1 aliphatic heterocycles. The maximum Gasteiger partial charge on any atom is 0.243 e. The number of para-hydroxylation sites is 1. The zero-order valence-electron chi connectivity index (χ0n) is 35.9. The van der Waals surface area contributed by atoms with Crippen molar-refractivity contribution >= 4 is 64.1 Å². The quantitative estimate of drug-likeness (QED) is 0.0509. The van der Waals surface area contributed by atoms with Gasteiger partial charge in [0.1, 0.15) is 30.2 Å². The van der Waals surface area contributed by atoms with Gasteiger partial charge in [-0.25, -0.2) is 0 Å². The maximum absolute atomic E-state index is 14.4. The first-order valence-corrected chi connectivity index (χ1v) is 21.3. The normalized spacial score (nSPS) is 22.6. The lowest BCUT2D eigenvalue weighted by Gasteiger charge is -2.28. The first kappa shape index (κ1) is 49.6. The Bertz CT molecular complexity index is 2110. The van der Waals surface area contributed by atoms with Crippen LogP contribution < -0.4 is 59.7 Å². The Labute approximate surface area is 370 Å². The highest BCUT2D eigenvalue weighted by Crippen LogP contribution is 2.20. The van der Waals surface area contributed by atoms with E-state index in [0.29, 0.717) is 24.0 Å². The van der Waals surface area contributed by atoms with E-state index >= 15 is 0 Å². The number of aromatic amines is 1. The van der Waals surface area contributed by atoms with E-state index in [9.17, 15) is 38.4 Å². The number of carbonyl (C=O) groups excluding carboxylic acids is 8. The molecule has 0 radical (unpaired) electrons. The van der Waals surface area contributed by atoms with Crippen LogP contribution in [0.2, 0.25) is 0 Å². The van der Waals surface area contributed by atoms with E-state index in [4.69, 9.17) is 22.6 Å². The molecular formula is C43H61N13O8. The van der Waals surface area contributed by atoms with Crippen LogP contribution in [0.5, 0.6) is 0 Å². The molecule has 0 aliphatic carbocycles. The Kier molecular flexibility index (Phi) is 19.5. The summed E-state index contributed by atoms with van der Waals surface area (Å²) in [5.74, 6) is -5.95. The van der Waals surface area contributed by atoms with E-state index in [1.807, 2.05) is 24.3 Å². The van der Waals surface area contributed by atoms with Gasteiger partial charge in [-0.05, 0) is 69.2 Å². The second kappa shape index (κ2) is 25.2. The molecule has 21 nitrogen and oxygen atoms in total. The number of aromatic nitrogens is 1. The van der Waals surface area contributed by atoms with Gasteiger partial charge in [0.2, 0.25) is 47.3 Å². The lowest BCUT2D eigenvalue weighted by molar-refractivity contribution is -0.135. The molecule has 0 unspecified atom stereocenters. The predicted molar refractivity (Wildman–Crippen MR) is 238 cm³/mol. The van der Waals surface area contributed by atoms with Crippen molar-refractivity contribution in [2.45, 2.75) is 107 Å². The van der Waals surface area contributed by atoms with Crippen LogP contribution in [0.25, 0.3) is 10.9 Å². The van der Waals surface area contributed by atoms with Crippen LogP contribution in [0.3, 0.4) is 0 Å². The molecule has 0 bridgehead atoms. The summed E-state index contributed by atoms with van der Waals surface area (Å²) in [6, 6.07) is 8.72. The highest BCUT2D eigenvalue weighted by Gasteiger charge is 2.34. The molecule has 16 N–H and O–H groups in total. The van der Waals surface area contributed by atoms with E-state index in [2.05, 4.69) is 47.5 Å². The number of likely N-dealkylation sites (N-methyl/N-ethyl adjacent to an activating group) is 1. The number of carbonyl (C=O) groups is 8. The van der Waals surface area contributed by atoms with Gasteiger partial charge < -0.3 is 64.7 Å². The van der Waals surface area contributed by atoms with E-state index in [0.717, 1.165) is 10.9 Å². The first-order valence-electron chi connectivity index (χ1n) is 21.3. The summed E-state index contributed by atoms with van der Waals surface area (Å²) in [7, 11) is 1.51. The van der Waals surface area contributed by atoms with Gasteiger partial charge in [0, 0.05) is 55.9 Å². The molecule has 2 heterocycles. The summed E-state index contributed by atoms with van der Waals surface area (Å²) < 4.78 is 0. The minimum Gasteiger partial charge on any atom is -0.370 e. The monoisotopic (exact) mass is 887 g/mol. The molecule has 64 heavy (non-hydrogen) atoms. The van der Waals surface area contributed by atoms with Crippen molar-refractivity contribution in [3.8, 4) is 0 Å². The minimum atomic E-state index is -1.34.